The SMILES string of the molecule is O=C(Nc1ccc2c(c1)CNCC2)c1cnc[nH]1. The molecule has 3 N–H and O–H groups in total. The molecular weight excluding hydrogens is 228 g/mol. The van der Waals surface area contributed by atoms with Crippen molar-refractivity contribution in [2.45, 2.75) is 13.0 Å². The lowest BCUT2D eigenvalue weighted by Gasteiger charge is -2.17. The molecule has 2 heterocycles. The highest BCUT2D eigenvalue weighted by Crippen LogP contribution is 2.19. The average Bonchev–Trinajstić information content (AvgIpc) is 2.92. The third-order valence-electron chi connectivity index (χ3n) is 3.09. The van der Waals surface area contributed by atoms with Crippen molar-refractivity contribution in [2.24, 2.45) is 0 Å². The smallest absolute Gasteiger partial charge is 0.273 e. The van der Waals surface area contributed by atoms with Crippen LogP contribution in [-0.4, -0.2) is 22.4 Å². The van der Waals surface area contributed by atoms with Crippen molar-refractivity contribution in [1.82, 2.24) is 15.3 Å². The molecule has 0 bridgehead atoms. The maximum atomic E-state index is 11.8. The van der Waals surface area contributed by atoms with Crippen LogP contribution in [0.5, 0.6) is 0 Å². The Bertz CT molecular complexity index is 562. The zero-order chi connectivity index (χ0) is 12.4. The fraction of sp³-hybridized carbons (Fsp3) is 0.231. The van der Waals surface area contributed by atoms with Gasteiger partial charge in [0.15, 0.2) is 0 Å². The zero-order valence-electron chi connectivity index (χ0n) is 9.86. The van der Waals surface area contributed by atoms with Gasteiger partial charge in [-0.3, -0.25) is 4.79 Å². The number of imidazole rings is 1. The number of anilines is 1. The number of hydrogen-bond donors (Lipinski definition) is 3. The van der Waals surface area contributed by atoms with Crippen molar-refractivity contribution >= 4 is 11.6 Å². The second-order valence-electron chi connectivity index (χ2n) is 4.33. The molecule has 1 aromatic carbocycles. The Hall–Kier alpha value is -2.14. The van der Waals surface area contributed by atoms with Crippen molar-refractivity contribution in [3.63, 3.8) is 0 Å². The van der Waals surface area contributed by atoms with E-state index in [2.05, 4.69) is 26.7 Å². The van der Waals surface area contributed by atoms with Crippen LogP contribution in [0.2, 0.25) is 0 Å². The minimum absolute atomic E-state index is 0.170. The van der Waals surface area contributed by atoms with Crippen molar-refractivity contribution in [1.29, 1.82) is 0 Å². The van der Waals surface area contributed by atoms with Crippen LogP contribution in [0, 0.1) is 0 Å². The van der Waals surface area contributed by atoms with Gasteiger partial charge in [-0.05, 0) is 36.2 Å². The monoisotopic (exact) mass is 242 g/mol. The Labute approximate surface area is 105 Å². The number of rotatable bonds is 2. The molecule has 0 unspecified atom stereocenters. The molecule has 0 saturated carbocycles. The first-order chi connectivity index (χ1) is 8.83. The van der Waals surface area contributed by atoms with E-state index in [0.717, 1.165) is 25.2 Å². The summed E-state index contributed by atoms with van der Waals surface area (Å²) in [6, 6.07) is 6.05. The lowest BCUT2D eigenvalue weighted by atomic mass is 10.0. The maximum Gasteiger partial charge on any atom is 0.273 e. The fourth-order valence-electron chi connectivity index (χ4n) is 2.14. The van der Waals surface area contributed by atoms with Gasteiger partial charge in [0.25, 0.3) is 5.91 Å². The summed E-state index contributed by atoms with van der Waals surface area (Å²) in [6.07, 6.45) is 4.05. The van der Waals surface area contributed by atoms with Gasteiger partial charge in [-0.15, -0.1) is 0 Å². The minimum atomic E-state index is -0.170. The van der Waals surface area contributed by atoms with E-state index in [1.165, 1.54) is 23.7 Å². The number of fused-ring (bicyclic) bond motifs is 1. The molecule has 1 aliphatic rings. The minimum Gasteiger partial charge on any atom is -0.341 e. The Balaban J connectivity index is 1.79. The number of nitrogens with zero attached hydrogens (tertiary/aromatic N) is 1. The summed E-state index contributed by atoms with van der Waals surface area (Å²) in [4.78, 5) is 18.5. The molecule has 0 atom stereocenters. The highest BCUT2D eigenvalue weighted by atomic mass is 16.1. The highest BCUT2D eigenvalue weighted by molar-refractivity contribution is 6.02. The van der Waals surface area contributed by atoms with Gasteiger partial charge in [-0.25, -0.2) is 4.98 Å². The van der Waals surface area contributed by atoms with E-state index in [4.69, 9.17) is 0 Å². The summed E-state index contributed by atoms with van der Waals surface area (Å²) in [5.41, 5.74) is 3.89. The first-order valence-electron chi connectivity index (χ1n) is 5.95. The van der Waals surface area contributed by atoms with Crippen molar-refractivity contribution in [3.05, 3.63) is 47.5 Å². The standard InChI is InChI=1S/C13H14N4O/c18-13(12-7-15-8-16-12)17-11-2-1-9-3-4-14-6-10(9)5-11/h1-2,5,7-8,14H,3-4,6H2,(H,15,16)(H,17,18). The van der Waals surface area contributed by atoms with Gasteiger partial charge in [0.1, 0.15) is 5.69 Å². The molecule has 1 aliphatic heterocycles. The summed E-state index contributed by atoms with van der Waals surface area (Å²) in [7, 11) is 0. The largest absolute Gasteiger partial charge is 0.341 e. The number of aromatic amines is 1. The van der Waals surface area contributed by atoms with Gasteiger partial charge in [0.2, 0.25) is 0 Å². The van der Waals surface area contributed by atoms with Crippen molar-refractivity contribution < 1.29 is 4.79 Å². The number of carbonyl (C=O) groups excluding carboxylic acids is 1. The Kier molecular flexibility index (Phi) is 2.82. The molecule has 3 rings (SSSR count). The third kappa shape index (κ3) is 2.12. The van der Waals surface area contributed by atoms with Gasteiger partial charge in [0, 0.05) is 12.2 Å². The summed E-state index contributed by atoms with van der Waals surface area (Å²) >= 11 is 0. The van der Waals surface area contributed by atoms with Crippen molar-refractivity contribution in [2.75, 3.05) is 11.9 Å². The van der Waals surface area contributed by atoms with Crippen LogP contribution in [0.4, 0.5) is 5.69 Å². The van der Waals surface area contributed by atoms with Crippen LogP contribution < -0.4 is 10.6 Å². The topological polar surface area (TPSA) is 69.8 Å². The number of hydrogen-bond acceptors (Lipinski definition) is 3. The predicted molar refractivity (Wildman–Crippen MR) is 68.4 cm³/mol. The molecule has 0 saturated heterocycles. The zero-order valence-corrected chi connectivity index (χ0v) is 9.86. The molecule has 2 aromatic rings. The lowest BCUT2D eigenvalue weighted by Crippen LogP contribution is -2.23. The number of amides is 1. The summed E-state index contributed by atoms with van der Waals surface area (Å²) in [5, 5.41) is 6.18. The van der Waals surface area contributed by atoms with Crippen LogP contribution in [-0.2, 0) is 13.0 Å². The van der Waals surface area contributed by atoms with Gasteiger partial charge >= 0.3 is 0 Å². The van der Waals surface area contributed by atoms with Gasteiger partial charge in [-0.2, -0.15) is 0 Å². The van der Waals surface area contributed by atoms with Gasteiger partial charge in [-0.1, -0.05) is 6.07 Å². The maximum absolute atomic E-state index is 11.8. The first kappa shape index (κ1) is 11.0. The number of aromatic nitrogens is 2. The molecule has 5 nitrogen and oxygen atoms in total. The van der Waals surface area contributed by atoms with Gasteiger partial charge < -0.3 is 15.6 Å². The van der Waals surface area contributed by atoms with Gasteiger partial charge in [0.05, 0.1) is 12.5 Å². The molecule has 1 amide bonds. The normalized spacial score (nSPS) is 14.0. The molecule has 92 valence electrons. The predicted octanol–water partition coefficient (Wildman–Crippen LogP) is 1.31. The van der Waals surface area contributed by atoms with Crippen LogP contribution >= 0.6 is 0 Å². The van der Waals surface area contributed by atoms with E-state index in [9.17, 15) is 4.79 Å². The van der Waals surface area contributed by atoms with E-state index in [-0.39, 0.29) is 5.91 Å². The number of benzene rings is 1. The lowest BCUT2D eigenvalue weighted by molar-refractivity contribution is 0.102. The summed E-state index contributed by atoms with van der Waals surface area (Å²) in [5.74, 6) is -0.170. The Morgan fingerprint density at radius 1 is 1.33 bits per heavy atom. The molecular formula is C13H14N4O. The molecule has 0 spiro atoms. The second-order valence-corrected chi connectivity index (χ2v) is 4.33. The fourth-order valence-corrected chi connectivity index (χ4v) is 2.14. The summed E-state index contributed by atoms with van der Waals surface area (Å²) < 4.78 is 0. The van der Waals surface area contributed by atoms with E-state index < -0.39 is 0 Å². The molecule has 18 heavy (non-hydrogen) atoms. The summed E-state index contributed by atoms with van der Waals surface area (Å²) in [6.45, 7) is 1.88. The number of nitrogens with one attached hydrogen (secondary N) is 3. The van der Waals surface area contributed by atoms with Crippen molar-refractivity contribution in [3.8, 4) is 0 Å². The van der Waals surface area contributed by atoms with Crippen LogP contribution in [0.3, 0.4) is 0 Å². The third-order valence-corrected chi connectivity index (χ3v) is 3.09. The highest BCUT2D eigenvalue weighted by Gasteiger charge is 2.11. The second kappa shape index (κ2) is 4.62. The van der Waals surface area contributed by atoms with E-state index in [0.29, 0.717) is 5.69 Å². The van der Waals surface area contributed by atoms with E-state index in [1.807, 2.05) is 12.1 Å². The van der Waals surface area contributed by atoms with Crippen LogP contribution in [0.25, 0.3) is 0 Å². The Morgan fingerprint density at radius 3 is 3.11 bits per heavy atom. The number of carbonyl (C=O) groups is 1. The Morgan fingerprint density at radius 2 is 2.28 bits per heavy atom. The van der Waals surface area contributed by atoms with Crippen LogP contribution in [0.1, 0.15) is 21.6 Å². The van der Waals surface area contributed by atoms with E-state index in [1.54, 1.807) is 0 Å². The first-order valence-corrected chi connectivity index (χ1v) is 5.95. The van der Waals surface area contributed by atoms with E-state index >= 15 is 0 Å². The molecule has 0 radical (unpaired) electrons. The number of H-pyrrole nitrogens is 1. The molecule has 0 aliphatic carbocycles. The average molecular weight is 242 g/mol. The molecule has 0 fully saturated rings. The molecule has 5 heteroatoms. The van der Waals surface area contributed by atoms with Crippen LogP contribution in [0.15, 0.2) is 30.7 Å². The quantitative estimate of drug-likeness (QED) is 0.743. The molecule has 1 aromatic heterocycles.